The van der Waals surface area contributed by atoms with Crippen LogP contribution in [0.4, 0.5) is 5.13 Å². The average molecular weight is 428 g/mol. The van der Waals surface area contributed by atoms with Gasteiger partial charge in [-0.25, -0.2) is 14.8 Å². The summed E-state index contributed by atoms with van der Waals surface area (Å²) in [5, 5.41) is 13.0. The number of rotatable bonds is 7. The number of hydrogen-bond donors (Lipinski definition) is 3. The number of nitrogens with one attached hydrogen (secondary N) is 2. The number of thiazole rings is 1. The topological polar surface area (TPSA) is 120 Å². The fourth-order valence-electron chi connectivity index (χ4n) is 3.11. The van der Waals surface area contributed by atoms with E-state index in [9.17, 15) is 9.59 Å². The maximum absolute atomic E-state index is 12.6. The standard InChI is InChI=1S/C17H22ClN5O4S/c1-3-9-13(18)22-14(20-9)15(24)21-10-5-6-23(8-11(10)27-4-2)17-19-7-12(28-17)16(25)26/h7,10-11H,3-6,8H2,1-2H3,(H,20,22)(H,21,24)(H,25,26). The Bertz CT molecular complexity index is 854. The van der Waals surface area contributed by atoms with Crippen LogP contribution in [-0.4, -0.2) is 63.8 Å². The summed E-state index contributed by atoms with van der Waals surface area (Å²) in [5.41, 5.74) is 0.723. The van der Waals surface area contributed by atoms with Gasteiger partial charge >= 0.3 is 5.97 Å². The van der Waals surface area contributed by atoms with Crippen LogP contribution in [-0.2, 0) is 11.2 Å². The third kappa shape index (κ3) is 4.45. The Hall–Kier alpha value is -2.17. The molecule has 28 heavy (non-hydrogen) atoms. The van der Waals surface area contributed by atoms with Crippen LogP contribution in [0.15, 0.2) is 6.20 Å². The van der Waals surface area contributed by atoms with Crippen LogP contribution in [0, 0.1) is 0 Å². The van der Waals surface area contributed by atoms with E-state index in [1.54, 1.807) is 0 Å². The summed E-state index contributed by atoms with van der Waals surface area (Å²) in [6, 6.07) is -0.198. The summed E-state index contributed by atoms with van der Waals surface area (Å²) in [6.07, 6.45) is 2.40. The molecule has 3 N–H and O–H groups in total. The number of nitrogens with zero attached hydrogens (tertiary/aromatic N) is 3. The van der Waals surface area contributed by atoms with Gasteiger partial charge in [-0.05, 0) is 19.8 Å². The van der Waals surface area contributed by atoms with Gasteiger partial charge in [0.15, 0.2) is 16.1 Å². The van der Waals surface area contributed by atoms with E-state index in [-0.39, 0.29) is 28.8 Å². The number of imidazole rings is 1. The molecule has 1 aliphatic heterocycles. The molecule has 9 nitrogen and oxygen atoms in total. The highest BCUT2D eigenvalue weighted by molar-refractivity contribution is 7.17. The summed E-state index contributed by atoms with van der Waals surface area (Å²) in [5.74, 6) is -1.13. The average Bonchev–Trinajstić information content (AvgIpc) is 3.30. The van der Waals surface area contributed by atoms with Crippen LogP contribution in [0.25, 0.3) is 0 Å². The lowest BCUT2D eigenvalue weighted by Gasteiger charge is -2.38. The molecule has 152 valence electrons. The molecule has 2 unspecified atom stereocenters. The lowest BCUT2D eigenvalue weighted by atomic mass is 10.0. The van der Waals surface area contributed by atoms with E-state index >= 15 is 0 Å². The predicted molar refractivity (Wildman–Crippen MR) is 106 cm³/mol. The van der Waals surface area contributed by atoms with E-state index in [0.29, 0.717) is 42.8 Å². The Kier molecular flexibility index (Phi) is 6.53. The number of anilines is 1. The van der Waals surface area contributed by atoms with Gasteiger partial charge in [0, 0.05) is 19.7 Å². The molecule has 11 heteroatoms. The summed E-state index contributed by atoms with van der Waals surface area (Å²) < 4.78 is 5.84. The van der Waals surface area contributed by atoms with Gasteiger partial charge in [0.25, 0.3) is 5.91 Å². The molecule has 0 radical (unpaired) electrons. The van der Waals surface area contributed by atoms with Crippen LogP contribution in [0.3, 0.4) is 0 Å². The number of H-pyrrole nitrogens is 1. The number of ether oxygens (including phenoxy) is 1. The molecule has 0 aliphatic carbocycles. The van der Waals surface area contributed by atoms with Crippen molar-refractivity contribution in [2.75, 3.05) is 24.6 Å². The number of carboxylic acid groups (broad SMARTS) is 1. The van der Waals surface area contributed by atoms with Crippen LogP contribution < -0.4 is 10.2 Å². The monoisotopic (exact) mass is 427 g/mol. The van der Waals surface area contributed by atoms with Crippen LogP contribution in [0.5, 0.6) is 0 Å². The normalized spacial score (nSPS) is 19.6. The summed E-state index contributed by atoms with van der Waals surface area (Å²) in [6.45, 7) is 5.44. The summed E-state index contributed by atoms with van der Waals surface area (Å²) in [4.78, 5) is 37.1. The zero-order valence-corrected chi connectivity index (χ0v) is 17.1. The van der Waals surface area contributed by atoms with E-state index in [1.165, 1.54) is 6.20 Å². The minimum atomic E-state index is -0.990. The van der Waals surface area contributed by atoms with Crippen LogP contribution >= 0.6 is 22.9 Å². The van der Waals surface area contributed by atoms with Gasteiger partial charge in [0.1, 0.15) is 4.88 Å². The third-order valence-electron chi connectivity index (χ3n) is 4.53. The minimum absolute atomic E-state index is 0.186. The number of carbonyl (C=O) groups excluding carboxylic acids is 1. The van der Waals surface area contributed by atoms with Gasteiger partial charge in [-0.1, -0.05) is 29.9 Å². The first kappa shape index (κ1) is 20.6. The number of carbonyl (C=O) groups is 2. The first-order chi connectivity index (χ1) is 13.4. The molecule has 0 bridgehead atoms. The number of aromatic amines is 1. The lowest BCUT2D eigenvalue weighted by molar-refractivity contribution is 0.0271. The quantitative estimate of drug-likeness (QED) is 0.619. The van der Waals surface area contributed by atoms with Gasteiger partial charge in [-0.15, -0.1) is 0 Å². The zero-order valence-electron chi connectivity index (χ0n) is 15.6. The minimum Gasteiger partial charge on any atom is -0.477 e. The largest absolute Gasteiger partial charge is 0.477 e. The van der Waals surface area contributed by atoms with Crippen LogP contribution in [0.2, 0.25) is 5.15 Å². The molecule has 1 amide bonds. The third-order valence-corrected chi connectivity index (χ3v) is 5.89. The molecule has 1 aliphatic rings. The molecular weight excluding hydrogens is 406 g/mol. The molecule has 1 saturated heterocycles. The number of amides is 1. The Morgan fingerprint density at radius 2 is 2.29 bits per heavy atom. The van der Waals surface area contributed by atoms with Crippen molar-refractivity contribution in [1.82, 2.24) is 20.3 Å². The van der Waals surface area contributed by atoms with Crippen molar-refractivity contribution in [3.63, 3.8) is 0 Å². The fraction of sp³-hybridized carbons (Fsp3) is 0.529. The number of aromatic nitrogens is 3. The molecule has 1 fully saturated rings. The molecule has 2 aromatic heterocycles. The Morgan fingerprint density at radius 3 is 2.89 bits per heavy atom. The number of aryl methyl sites for hydroxylation is 1. The maximum Gasteiger partial charge on any atom is 0.347 e. The Labute approximate surface area is 171 Å². The molecule has 0 saturated carbocycles. The van der Waals surface area contributed by atoms with Crippen molar-refractivity contribution in [2.45, 2.75) is 38.8 Å². The molecular formula is C17H22ClN5O4S. The van der Waals surface area contributed by atoms with Crippen molar-refractivity contribution in [2.24, 2.45) is 0 Å². The second-order valence-corrected chi connectivity index (χ2v) is 7.70. The van der Waals surface area contributed by atoms with E-state index in [1.807, 2.05) is 18.7 Å². The predicted octanol–water partition coefficient (Wildman–Crippen LogP) is 2.19. The second-order valence-electron chi connectivity index (χ2n) is 6.33. The van der Waals surface area contributed by atoms with E-state index in [2.05, 4.69) is 20.3 Å². The Balaban J connectivity index is 1.68. The van der Waals surface area contributed by atoms with Crippen molar-refractivity contribution in [3.8, 4) is 0 Å². The van der Waals surface area contributed by atoms with Crippen molar-refractivity contribution in [3.05, 3.63) is 27.7 Å². The van der Waals surface area contributed by atoms with Crippen molar-refractivity contribution >= 4 is 39.9 Å². The molecule has 2 aromatic rings. The van der Waals surface area contributed by atoms with Crippen LogP contribution in [0.1, 0.15) is 46.3 Å². The summed E-state index contributed by atoms with van der Waals surface area (Å²) >= 11 is 7.15. The van der Waals surface area contributed by atoms with Gasteiger partial charge in [0.05, 0.1) is 24.0 Å². The van der Waals surface area contributed by atoms with Gasteiger partial charge < -0.3 is 25.0 Å². The van der Waals surface area contributed by atoms with E-state index in [4.69, 9.17) is 21.4 Å². The number of hydrogen-bond acceptors (Lipinski definition) is 7. The highest BCUT2D eigenvalue weighted by atomic mass is 35.5. The number of halogens is 1. The highest BCUT2D eigenvalue weighted by Gasteiger charge is 2.33. The SMILES string of the molecule is CCOC1CN(c2ncc(C(=O)O)s2)CCC1NC(=O)c1nc(Cl)c(CC)[nH]1. The lowest BCUT2D eigenvalue weighted by Crippen LogP contribution is -2.55. The Morgan fingerprint density at radius 1 is 1.50 bits per heavy atom. The second kappa shape index (κ2) is 8.89. The van der Waals surface area contributed by atoms with Gasteiger partial charge in [-0.2, -0.15) is 0 Å². The molecule has 3 rings (SSSR count). The number of piperidine rings is 1. The highest BCUT2D eigenvalue weighted by Crippen LogP contribution is 2.27. The van der Waals surface area contributed by atoms with E-state index in [0.717, 1.165) is 17.0 Å². The molecule has 0 spiro atoms. The van der Waals surface area contributed by atoms with Crippen molar-refractivity contribution < 1.29 is 19.4 Å². The van der Waals surface area contributed by atoms with Gasteiger partial charge in [0.2, 0.25) is 0 Å². The smallest absolute Gasteiger partial charge is 0.347 e. The summed E-state index contributed by atoms with van der Waals surface area (Å²) in [7, 11) is 0. The van der Waals surface area contributed by atoms with E-state index < -0.39 is 5.97 Å². The number of carboxylic acids is 1. The van der Waals surface area contributed by atoms with Gasteiger partial charge in [-0.3, -0.25) is 4.79 Å². The van der Waals surface area contributed by atoms with Crippen molar-refractivity contribution in [1.29, 1.82) is 0 Å². The molecule has 3 heterocycles. The fourth-order valence-corrected chi connectivity index (χ4v) is 4.17. The number of aromatic carboxylic acids is 1. The molecule has 2 atom stereocenters. The first-order valence-electron chi connectivity index (χ1n) is 9.03. The zero-order chi connectivity index (χ0) is 20.3. The first-order valence-corrected chi connectivity index (χ1v) is 10.2. The molecule has 0 aromatic carbocycles. The maximum atomic E-state index is 12.6.